The van der Waals surface area contributed by atoms with E-state index in [0.29, 0.717) is 11.5 Å². The van der Waals surface area contributed by atoms with Gasteiger partial charge in [0, 0.05) is 12.1 Å². The van der Waals surface area contributed by atoms with Crippen molar-refractivity contribution in [1.82, 2.24) is 9.88 Å². The van der Waals surface area contributed by atoms with Gasteiger partial charge in [-0.2, -0.15) is 0 Å². The van der Waals surface area contributed by atoms with Gasteiger partial charge in [0.2, 0.25) is 0 Å². The molecule has 0 spiro atoms. The number of nitrogens with two attached hydrogens (primary N) is 1. The Balaban J connectivity index is 2.13. The predicted octanol–water partition coefficient (Wildman–Crippen LogP) is 1.65. The number of carboxylic acid groups (broad SMARTS) is 1. The van der Waals surface area contributed by atoms with Gasteiger partial charge in [-0.15, -0.1) is 0 Å². The molecule has 1 aromatic rings. The minimum absolute atomic E-state index is 0.00650. The maximum atomic E-state index is 11.0. The average Bonchev–Trinajstić information content (AvgIpc) is 2.87. The largest absolute Gasteiger partial charge is 0.477 e. The molecule has 1 aliphatic carbocycles. The zero-order valence-electron chi connectivity index (χ0n) is 12.0. The van der Waals surface area contributed by atoms with Crippen molar-refractivity contribution in [3.8, 4) is 0 Å². The molecular formula is C14H22N4O2. The number of hydrogen-bond acceptors (Lipinski definition) is 5. The van der Waals surface area contributed by atoms with Gasteiger partial charge in [0.1, 0.15) is 5.82 Å². The van der Waals surface area contributed by atoms with Crippen LogP contribution in [-0.4, -0.2) is 47.1 Å². The van der Waals surface area contributed by atoms with Crippen LogP contribution in [0.1, 0.15) is 36.2 Å². The highest BCUT2D eigenvalue weighted by Gasteiger charge is 2.35. The highest BCUT2D eigenvalue weighted by atomic mass is 16.4. The number of hydrogen-bond donors (Lipinski definition) is 3. The van der Waals surface area contributed by atoms with Crippen LogP contribution in [0.2, 0.25) is 0 Å². The molecule has 0 aliphatic heterocycles. The molecule has 1 aromatic heterocycles. The lowest BCUT2D eigenvalue weighted by molar-refractivity contribution is 0.0690. The number of likely N-dealkylation sites (N-methyl/N-ethyl adjacent to an activating group) is 1. The summed E-state index contributed by atoms with van der Waals surface area (Å²) in [5.74, 6) is -0.589. The molecule has 1 heterocycles. The van der Waals surface area contributed by atoms with Crippen LogP contribution < -0.4 is 11.1 Å². The summed E-state index contributed by atoms with van der Waals surface area (Å²) in [5, 5.41) is 12.2. The van der Waals surface area contributed by atoms with E-state index in [9.17, 15) is 4.79 Å². The zero-order chi connectivity index (χ0) is 14.8. The molecule has 0 bridgehead atoms. The molecule has 1 aliphatic rings. The van der Waals surface area contributed by atoms with Gasteiger partial charge in [-0.05, 0) is 39.1 Å². The fourth-order valence-corrected chi connectivity index (χ4v) is 2.79. The van der Waals surface area contributed by atoms with Crippen molar-refractivity contribution in [1.29, 1.82) is 0 Å². The number of carbonyl (C=O) groups is 1. The van der Waals surface area contributed by atoms with E-state index in [1.165, 1.54) is 18.9 Å². The van der Waals surface area contributed by atoms with Gasteiger partial charge in [-0.1, -0.05) is 12.8 Å². The van der Waals surface area contributed by atoms with Crippen LogP contribution in [0.4, 0.5) is 11.5 Å². The second-order valence-corrected chi connectivity index (χ2v) is 5.62. The van der Waals surface area contributed by atoms with Crippen LogP contribution in [0.5, 0.6) is 0 Å². The van der Waals surface area contributed by atoms with Crippen molar-refractivity contribution in [2.45, 2.75) is 31.2 Å². The monoisotopic (exact) mass is 278 g/mol. The molecule has 4 N–H and O–H groups in total. The summed E-state index contributed by atoms with van der Waals surface area (Å²) in [6, 6.07) is 3.00. The Bertz CT molecular complexity index is 496. The van der Waals surface area contributed by atoms with Crippen molar-refractivity contribution in [3.05, 3.63) is 17.8 Å². The van der Waals surface area contributed by atoms with Gasteiger partial charge in [0.25, 0.3) is 0 Å². The maximum Gasteiger partial charge on any atom is 0.354 e. The van der Waals surface area contributed by atoms with E-state index in [2.05, 4.69) is 29.3 Å². The normalized spacial score (nSPS) is 17.4. The zero-order valence-corrected chi connectivity index (χ0v) is 12.0. The number of anilines is 2. The third kappa shape index (κ3) is 2.85. The number of rotatable bonds is 5. The number of aromatic carboxylic acids is 1. The first kappa shape index (κ1) is 14.6. The number of nitrogens with one attached hydrogen (secondary N) is 1. The third-order valence-electron chi connectivity index (χ3n) is 4.21. The van der Waals surface area contributed by atoms with Crippen molar-refractivity contribution in [2.24, 2.45) is 0 Å². The van der Waals surface area contributed by atoms with Crippen molar-refractivity contribution < 1.29 is 9.90 Å². The van der Waals surface area contributed by atoms with E-state index in [-0.39, 0.29) is 11.2 Å². The quantitative estimate of drug-likeness (QED) is 0.758. The van der Waals surface area contributed by atoms with E-state index in [1.807, 2.05) is 0 Å². The summed E-state index contributed by atoms with van der Waals surface area (Å²) < 4.78 is 0. The molecule has 6 nitrogen and oxygen atoms in total. The SMILES string of the molecule is CN(C)C1(CNc2nc(C(=O)O)ccc2N)CCCC1. The third-order valence-corrected chi connectivity index (χ3v) is 4.21. The number of aromatic nitrogens is 1. The van der Waals surface area contributed by atoms with E-state index in [4.69, 9.17) is 10.8 Å². The summed E-state index contributed by atoms with van der Waals surface area (Å²) in [4.78, 5) is 17.3. The lowest BCUT2D eigenvalue weighted by Crippen LogP contribution is -2.47. The molecule has 6 heteroatoms. The summed E-state index contributed by atoms with van der Waals surface area (Å²) >= 11 is 0. The summed E-state index contributed by atoms with van der Waals surface area (Å²) in [6.07, 6.45) is 4.70. The maximum absolute atomic E-state index is 11.0. The van der Waals surface area contributed by atoms with Crippen LogP contribution in [-0.2, 0) is 0 Å². The van der Waals surface area contributed by atoms with Crippen LogP contribution in [0, 0.1) is 0 Å². The second kappa shape index (κ2) is 5.66. The molecule has 0 saturated heterocycles. The first-order chi connectivity index (χ1) is 9.44. The number of nitrogens with zero attached hydrogens (tertiary/aromatic N) is 2. The van der Waals surface area contributed by atoms with Gasteiger partial charge in [0.05, 0.1) is 5.69 Å². The highest BCUT2D eigenvalue weighted by Crippen LogP contribution is 2.34. The van der Waals surface area contributed by atoms with Crippen LogP contribution in [0.25, 0.3) is 0 Å². The molecular weight excluding hydrogens is 256 g/mol. The van der Waals surface area contributed by atoms with E-state index >= 15 is 0 Å². The van der Waals surface area contributed by atoms with Crippen molar-refractivity contribution in [3.63, 3.8) is 0 Å². The van der Waals surface area contributed by atoms with Crippen LogP contribution in [0.3, 0.4) is 0 Å². The molecule has 2 rings (SSSR count). The van der Waals surface area contributed by atoms with E-state index < -0.39 is 5.97 Å². The summed E-state index contributed by atoms with van der Waals surface area (Å²) in [6.45, 7) is 0.722. The van der Waals surface area contributed by atoms with Crippen molar-refractivity contribution in [2.75, 3.05) is 31.7 Å². The lowest BCUT2D eigenvalue weighted by Gasteiger charge is -2.36. The van der Waals surface area contributed by atoms with Gasteiger partial charge < -0.3 is 21.1 Å². The standard InChI is InChI=1S/C14H22N4O2/c1-18(2)14(7-3-4-8-14)9-16-12-10(15)5-6-11(17-12)13(19)20/h5-6H,3-4,7-9,15H2,1-2H3,(H,16,17)(H,19,20). The summed E-state index contributed by atoms with van der Waals surface area (Å²) in [5.41, 5.74) is 6.45. The highest BCUT2D eigenvalue weighted by molar-refractivity contribution is 5.86. The molecule has 20 heavy (non-hydrogen) atoms. The Morgan fingerprint density at radius 2 is 2.10 bits per heavy atom. The Morgan fingerprint density at radius 3 is 2.65 bits per heavy atom. The van der Waals surface area contributed by atoms with Gasteiger partial charge in [-0.25, -0.2) is 9.78 Å². The van der Waals surface area contributed by atoms with Crippen LogP contribution in [0.15, 0.2) is 12.1 Å². The Hall–Kier alpha value is -1.82. The molecule has 0 aromatic carbocycles. The minimum atomic E-state index is -1.05. The molecule has 1 saturated carbocycles. The lowest BCUT2D eigenvalue weighted by atomic mass is 9.96. The number of carboxylic acids is 1. The molecule has 0 atom stereocenters. The molecule has 1 fully saturated rings. The van der Waals surface area contributed by atoms with Crippen LogP contribution >= 0.6 is 0 Å². The average molecular weight is 278 g/mol. The molecule has 0 amide bonds. The smallest absolute Gasteiger partial charge is 0.354 e. The van der Waals surface area contributed by atoms with E-state index in [0.717, 1.165) is 19.4 Å². The first-order valence-electron chi connectivity index (χ1n) is 6.86. The fraction of sp³-hybridized carbons (Fsp3) is 0.571. The fourth-order valence-electron chi connectivity index (χ4n) is 2.79. The summed E-state index contributed by atoms with van der Waals surface area (Å²) in [7, 11) is 4.16. The molecule has 0 unspecified atom stereocenters. The number of nitrogen functional groups attached to an aromatic ring is 1. The van der Waals surface area contributed by atoms with Gasteiger partial charge in [-0.3, -0.25) is 0 Å². The number of pyridine rings is 1. The van der Waals surface area contributed by atoms with Gasteiger partial charge >= 0.3 is 5.97 Å². The van der Waals surface area contributed by atoms with E-state index in [1.54, 1.807) is 6.07 Å². The first-order valence-corrected chi connectivity index (χ1v) is 6.86. The Morgan fingerprint density at radius 1 is 1.45 bits per heavy atom. The minimum Gasteiger partial charge on any atom is -0.477 e. The second-order valence-electron chi connectivity index (χ2n) is 5.62. The predicted molar refractivity (Wildman–Crippen MR) is 79.0 cm³/mol. The Kier molecular flexibility index (Phi) is 4.13. The topological polar surface area (TPSA) is 91.5 Å². The molecule has 110 valence electrons. The van der Waals surface area contributed by atoms with Crippen molar-refractivity contribution >= 4 is 17.5 Å². The van der Waals surface area contributed by atoms with Gasteiger partial charge in [0.15, 0.2) is 5.69 Å². The molecule has 0 radical (unpaired) electrons. The Labute approximate surface area is 119 Å².